The second-order valence-electron chi connectivity index (χ2n) is 5.67. The molecule has 1 aromatic carbocycles. The highest BCUT2D eigenvalue weighted by molar-refractivity contribution is 7.13. The smallest absolute Gasteiger partial charge is 0.0342 e. The lowest BCUT2D eigenvalue weighted by atomic mass is 10.1. The summed E-state index contributed by atoms with van der Waals surface area (Å²) in [4.78, 5) is 1.35. The van der Waals surface area contributed by atoms with Crippen molar-refractivity contribution in [3.8, 4) is 10.4 Å². The fourth-order valence-electron chi connectivity index (χ4n) is 1.92. The fourth-order valence-corrected chi connectivity index (χ4v) is 2.65. The van der Waals surface area contributed by atoms with Gasteiger partial charge in [0, 0.05) is 23.5 Å². The van der Waals surface area contributed by atoms with Crippen LogP contribution in [0.4, 0.5) is 0 Å². The van der Waals surface area contributed by atoms with Gasteiger partial charge in [0.15, 0.2) is 0 Å². The summed E-state index contributed by atoms with van der Waals surface area (Å²) < 4.78 is 0. The van der Waals surface area contributed by atoms with Crippen LogP contribution in [-0.4, -0.2) is 12.1 Å². The lowest BCUT2D eigenvalue weighted by molar-refractivity contribution is 0.688. The van der Waals surface area contributed by atoms with Crippen molar-refractivity contribution < 1.29 is 0 Å². The summed E-state index contributed by atoms with van der Waals surface area (Å²) in [7, 11) is 0. The Morgan fingerprint density at radius 2 is 1.90 bits per heavy atom. The third-order valence-electron chi connectivity index (χ3n) is 3.53. The lowest BCUT2D eigenvalue weighted by Crippen LogP contribution is -2.15. The summed E-state index contributed by atoms with van der Waals surface area (Å²) in [5, 5.41) is 5.68. The zero-order chi connectivity index (χ0) is 13.8. The number of rotatable bonds is 4. The molecule has 1 aromatic heterocycles. The van der Waals surface area contributed by atoms with Crippen LogP contribution in [0.1, 0.15) is 31.2 Å². The molecule has 2 saturated carbocycles. The summed E-state index contributed by atoms with van der Waals surface area (Å²) in [6.45, 7) is 1.00. The van der Waals surface area contributed by atoms with Gasteiger partial charge in [-0.05, 0) is 54.3 Å². The van der Waals surface area contributed by atoms with E-state index in [-0.39, 0.29) is 0 Å². The van der Waals surface area contributed by atoms with E-state index in [4.69, 9.17) is 5.73 Å². The number of nitrogens with one attached hydrogen (secondary N) is 1. The molecule has 0 radical (unpaired) electrons. The van der Waals surface area contributed by atoms with E-state index >= 15 is 0 Å². The van der Waals surface area contributed by atoms with Crippen LogP contribution in [0, 0.1) is 0 Å². The van der Waals surface area contributed by atoms with Crippen LogP contribution in [0.2, 0.25) is 0 Å². The van der Waals surface area contributed by atoms with Crippen molar-refractivity contribution in [1.29, 1.82) is 0 Å². The van der Waals surface area contributed by atoms with Crippen LogP contribution in [0.5, 0.6) is 0 Å². The van der Waals surface area contributed by atoms with Gasteiger partial charge in [-0.3, -0.25) is 0 Å². The Hall–Kier alpha value is -1.16. The van der Waals surface area contributed by atoms with E-state index in [9.17, 15) is 0 Å². The van der Waals surface area contributed by atoms with Crippen molar-refractivity contribution in [2.45, 2.75) is 44.3 Å². The van der Waals surface area contributed by atoms with E-state index < -0.39 is 0 Å². The van der Waals surface area contributed by atoms with Gasteiger partial charge < -0.3 is 11.1 Å². The molecule has 4 rings (SSSR count). The van der Waals surface area contributed by atoms with Gasteiger partial charge in [0.2, 0.25) is 0 Å². The molecular formula is C17H22N2S. The Kier molecular flexibility index (Phi) is 4.51. The Bertz CT molecular complexity index is 528. The van der Waals surface area contributed by atoms with Gasteiger partial charge in [-0.2, -0.15) is 0 Å². The number of nitrogens with two attached hydrogens (primary N) is 1. The van der Waals surface area contributed by atoms with Crippen molar-refractivity contribution in [2.75, 3.05) is 0 Å². The molecule has 0 atom stereocenters. The molecular weight excluding hydrogens is 264 g/mol. The summed E-state index contributed by atoms with van der Waals surface area (Å²) >= 11 is 1.80. The molecule has 20 heavy (non-hydrogen) atoms. The molecule has 0 amide bonds. The van der Waals surface area contributed by atoms with Crippen molar-refractivity contribution in [2.24, 2.45) is 5.73 Å². The van der Waals surface area contributed by atoms with Crippen molar-refractivity contribution >= 4 is 11.3 Å². The maximum absolute atomic E-state index is 5.22. The highest BCUT2D eigenvalue weighted by Crippen LogP contribution is 2.25. The molecule has 0 saturated heterocycles. The maximum Gasteiger partial charge on any atom is 0.0342 e. The molecule has 2 aliphatic rings. The van der Waals surface area contributed by atoms with Gasteiger partial charge in [0.05, 0.1) is 0 Å². The predicted octanol–water partition coefficient (Wildman–Crippen LogP) is 3.77. The molecule has 0 aliphatic heterocycles. The second kappa shape index (κ2) is 6.53. The summed E-state index contributed by atoms with van der Waals surface area (Å²) in [6.07, 6.45) is 5.23. The van der Waals surface area contributed by atoms with E-state index in [0.717, 1.165) is 12.6 Å². The molecule has 2 aromatic rings. The number of hydrogen-bond acceptors (Lipinski definition) is 3. The van der Waals surface area contributed by atoms with Gasteiger partial charge in [-0.1, -0.05) is 24.3 Å². The normalized spacial score (nSPS) is 17.4. The van der Waals surface area contributed by atoms with Crippen LogP contribution >= 0.6 is 11.3 Å². The zero-order valence-electron chi connectivity index (χ0n) is 11.7. The molecule has 0 unspecified atom stereocenters. The summed E-state index contributed by atoms with van der Waals surface area (Å²) in [5.41, 5.74) is 7.95. The zero-order valence-corrected chi connectivity index (χ0v) is 12.5. The van der Waals surface area contributed by atoms with Crippen molar-refractivity contribution in [3.63, 3.8) is 0 Å². The fraction of sp³-hybridized carbons (Fsp3) is 0.412. The highest BCUT2D eigenvalue weighted by atomic mass is 32.1. The van der Waals surface area contributed by atoms with Crippen LogP contribution in [0.3, 0.4) is 0 Å². The first kappa shape index (κ1) is 13.8. The van der Waals surface area contributed by atoms with Crippen molar-refractivity contribution in [3.05, 3.63) is 47.3 Å². The first-order valence-corrected chi connectivity index (χ1v) is 8.31. The first-order valence-electron chi connectivity index (χ1n) is 7.43. The van der Waals surface area contributed by atoms with Crippen LogP contribution < -0.4 is 11.1 Å². The monoisotopic (exact) mass is 286 g/mol. The van der Waals surface area contributed by atoms with Gasteiger partial charge in [-0.25, -0.2) is 0 Å². The minimum absolute atomic E-state index is 0.583. The van der Waals surface area contributed by atoms with Crippen LogP contribution in [-0.2, 0) is 6.54 Å². The minimum Gasteiger partial charge on any atom is -0.328 e. The van der Waals surface area contributed by atoms with E-state index in [2.05, 4.69) is 47.1 Å². The second-order valence-corrected chi connectivity index (χ2v) is 6.62. The van der Waals surface area contributed by atoms with Gasteiger partial charge in [-0.15, -0.1) is 11.3 Å². The van der Waals surface area contributed by atoms with Crippen LogP contribution in [0.25, 0.3) is 10.4 Å². The van der Waals surface area contributed by atoms with Gasteiger partial charge >= 0.3 is 0 Å². The number of thiophene rings is 1. The Morgan fingerprint density at radius 3 is 2.50 bits per heavy atom. The average Bonchev–Trinajstić information content (AvgIpc) is 3.39. The summed E-state index contributed by atoms with van der Waals surface area (Å²) in [5.74, 6) is 0. The van der Waals surface area contributed by atoms with E-state index in [0.29, 0.717) is 6.04 Å². The van der Waals surface area contributed by atoms with Gasteiger partial charge in [0.1, 0.15) is 0 Å². The van der Waals surface area contributed by atoms with Crippen molar-refractivity contribution in [1.82, 2.24) is 5.32 Å². The molecule has 1 heterocycles. The SMILES string of the molecule is NC1CC1.c1cc(CNC2CC2)cc(-c2cccs2)c1. The third-order valence-corrected chi connectivity index (χ3v) is 4.45. The molecule has 2 fully saturated rings. The van der Waals surface area contributed by atoms with E-state index in [1.165, 1.54) is 41.7 Å². The molecule has 2 nitrogen and oxygen atoms in total. The molecule has 0 spiro atoms. The number of hydrogen-bond donors (Lipinski definition) is 2. The molecule has 106 valence electrons. The van der Waals surface area contributed by atoms with E-state index in [1.807, 2.05) is 0 Å². The maximum atomic E-state index is 5.22. The third kappa shape index (κ3) is 4.44. The molecule has 3 heteroatoms. The molecule has 3 N–H and O–H groups in total. The van der Waals surface area contributed by atoms with Crippen LogP contribution in [0.15, 0.2) is 41.8 Å². The van der Waals surface area contributed by atoms with E-state index in [1.54, 1.807) is 11.3 Å². The Morgan fingerprint density at radius 1 is 1.10 bits per heavy atom. The first-order chi connectivity index (χ1) is 9.81. The number of benzene rings is 1. The topological polar surface area (TPSA) is 38.0 Å². The highest BCUT2D eigenvalue weighted by Gasteiger charge is 2.19. The predicted molar refractivity (Wildman–Crippen MR) is 86.8 cm³/mol. The Balaban J connectivity index is 0.000000261. The molecule has 0 bridgehead atoms. The largest absolute Gasteiger partial charge is 0.328 e. The minimum atomic E-state index is 0.583. The average molecular weight is 286 g/mol. The standard InChI is InChI=1S/C14H15NS.C3H7N/c1-3-11(10-15-13-6-7-13)9-12(4-1)14-5-2-8-16-14;4-3-1-2-3/h1-5,8-9,13,15H,6-7,10H2;3H,1-2,4H2. The molecule has 2 aliphatic carbocycles. The lowest BCUT2D eigenvalue weighted by Gasteiger charge is -2.05. The van der Waals surface area contributed by atoms with Gasteiger partial charge in [0.25, 0.3) is 0 Å². The quantitative estimate of drug-likeness (QED) is 0.898. The summed E-state index contributed by atoms with van der Waals surface area (Å²) in [6, 6.07) is 14.5. The Labute approximate surface area is 125 Å².